The normalized spacial score (nSPS) is 28.7. The van der Waals surface area contributed by atoms with Crippen LogP contribution in [0.25, 0.3) is 0 Å². The van der Waals surface area contributed by atoms with Gasteiger partial charge in [0.05, 0.1) is 4.90 Å². The second kappa shape index (κ2) is 6.16. The Labute approximate surface area is 131 Å². The summed E-state index contributed by atoms with van der Waals surface area (Å²) < 4.78 is 28.0. The third-order valence-electron chi connectivity index (χ3n) is 4.82. The summed E-state index contributed by atoms with van der Waals surface area (Å²) in [5, 5.41) is 5.06. The maximum absolute atomic E-state index is 11.2. The Morgan fingerprint density at radius 2 is 1.91 bits per heavy atom. The summed E-state index contributed by atoms with van der Waals surface area (Å²) >= 11 is 0. The number of primary sulfonamides is 1. The van der Waals surface area contributed by atoms with E-state index in [0.29, 0.717) is 24.3 Å². The topological polar surface area (TPSA) is 98.6 Å². The molecule has 1 saturated heterocycles. The third kappa shape index (κ3) is 3.43. The molecule has 122 valence electrons. The monoisotopic (exact) mass is 325 g/mol. The van der Waals surface area contributed by atoms with Gasteiger partial charge in [-0.3, -0.25) is 4.90 Å². The van der Waals surface area contributed by atoms with Gasteiger partial charge in [0.1, 0.15) is 12.4 Å². The highest BCUT2D eigenvalue weighted by atomic mass is 32.2. The van der Waals surface area contributed by atoms with Crippen LogP contribution in [0, 0.1) is 11.8 Å². The summed E-state index contributed by atoms with van der Waals surface area (Å²) in [4.78, 5) is 2.51. The standard InChI is InChI=1S/C15H23N3O3S/c16-15-6-1-11-9-18(10-14(11)15)7-8-21-12-2-4-13(5-3-12)22(17,19)20/h2-5,11,14-15H,1,6-10,16H2,(H2,17,19,20). The summed E-state index contributed by atoms with van der Waals surface area (Å²) in [6.07, 6.45) is 2.41. The van der Waals surface area contributed by atoms with Crippen molar-refractivity contribution >= 4 is 10.0 Å². The molecule has 3 atom stereocenters. The number of nitrogens with two attached hydrogens (primary N) is 2. The van der Waals surface area contributed by atoms with Gasteiger partial charge >= 0.3 is 0 Å². The number of nitrogens with zero attached hydrogens (tertiary/aromatic N) is 1. The molecule has 2 aliphatic rings. The summed E-state index contributed by atoms with van der Waals surface area (Å²) in [6.45, 7) is 3.64. The van der Waals surface area contributed by atoms with Gasteiger partial charge in [0, 0.05) is 25.7 Å². The molecule has 0 bridgehead atoms. The number of hydrogen-bond acceptors (Lipinski definition) is 5. The fourth-order valence-electron chi connectivity index (χ4n) is 3.60. The molecule has 3 rings (SSSR count). The molecule has 6 nitrogen and oxygen atoms in total. The minimum absolute atomic E-state index is 0.0983. The molecule has 1 heterocycles. The van der Waals surface area contributed by atoms with Crippen LogP contribution in [0.3, 0.4) is 0 Å². The van der Waals surface area contributed by atoms with Crippen LogP contribution in [0.4, 0.5) is 0 Å². The lowest BCUT2D eigenvalue weighted by Crippen LogP contribution is -2.32. The summed E-state index contributed by atoms with van der Waals surface area (Å²) in [5.41, 5.74) is 6.13. The fourth-order valence-corrected chi connectivity index (χ4v) is 4.12. The van der Waals surface area contributed by atoms with Crippen LogP contribution < -0.4 is 15.6 Å². The van der Waals surface area contributed by atoms with E-state index in [9.17, 15) is 8.42 Å². The predicted molar refractivity (Wildman–Crippen MR) is 83.9 cm³/mol. The fraction of sp³-hybridized carbons (Fsp3) is 0.600. The number of ether oxygens (including phenoxy) is 1. The van der Waals surface area contributed by atoms with Gasteiger partial charge in [0.2, 0.25) is 10.0 Å². The van der Waals surface area contributed by atoms with E-state index in [2.05, 4.69) is 4.90 Å². The lowest BCUT2D eigenvalue weighted by atomic mass is 9.98. The molecular formula is C15H23N3O3S. The van der Waals surface area contributed by atoms with Gasteiger partial charge in [0.15, 0.2) is 0 Å². The molecule has 4 N–H and O–H groups in total. The first-order chi connectivity index (χ1) is 10.4. The predicted octanol–water partition coefficient (Wildman–Crippen LogP) is 0.382. The molecule has 1 saturated carbocycles. The van der Waals surface area contributed by atoms with Crippen LogP contribution in [-0.2, 0) is 10.0 Å². The van der Waals surface area contributed by atoms with E-state index in [-0.39, 0.29) is 4.90 Å². The van der Waals surface area contributed by atoms with Gasteiger partial charge in [0.25, 0.3) is 0 Å². The maximum Gasteiger partial charge on any atom is 0.238 e. The zero-order valence-electron chi connectivity index (χ0n) is 12.5. The number of hydrogen-bond donors (Lipinski definition) is 2. The van der Waals surface area contributed by atoms with Gasteiger partial charge in [-0.2, -0.15) is 0 Å². The van der Waals surface area contributed by atoms with E-state index in [1.807, 2.05) is 0 Å². The second-order valence-electron chi connectivity index (χ2n) is 6.29. The Morgan fingerprint density at radius 1 is 1.18 bits per heavy atom. The number of sulfonamides is 1. The van der Waals surface area contributed by atoms with Gasteiger partial charge in [-0.05, 0) is 48.9 Å². The molecule has 0 radical (unpaired) electrons. The van der Waals surface area contributed by atoms with Crippen LogP contribution in [0.2, 0.25) is 0 Å². The van der Waals surface area contributed by atoms with E-state index in [1.54, 1.807) is 12.1 Å². The lowest BCUT2D eigenvalue weighted by Gasteiger charge is -2.18. The smallest absolute Gasteiger partial charge is 0.238 e. The van der Waals surface area contributed by atoms with Crippen molar-refractivity contribution < 1.29 is 13.2 Å². The molecule has 1 aromatic carbocycles. The van der Waals surface area contributed by atoms with Crippen molar-refractivity contribution in [3.8, 4) is 5.75 Å². The van der Waals surface area contributed by atoms with E-state index >= 15 is 0 Å². The first kappa shape index (κ1) is 15.7. The number of rotatable bonds is 5. The van der Waals surface area contributed by atoms with Crippen LogP contribution in [0.15, 0.2) is 29.2 Å². The highest BCUT2D eigenvalue weighted by molar-refractivity contribution is 7.89. The summed E-state index contributed by atoms with van der Waals surface area (Å²) in [5.74, 6) is 2.06. The van der Waals surface area contributed by atoms with Crippen molar-refractivity contribution in [2.75, 3.05) is 26.2 Å². The molecule has 0 spiro atoms. The van der Waals surface area contributed by atoms with Crippen LogP contribution in [-0.4, -0.2) is 45.6 Å². The van der Waals surface area contributed by atoms with Crippen molar-refractivity contribution in [2.45, 2.75) is 23.8 Å². The Kier molecular flexibility index (Phi) is 4.40. The molecule has 2 fully saturated rings. The molecule has 1 aromatic rings. The molecule has 1 aliphatic heterocycles. The van der Waals surface area contributed by atoms with Crippen molar-refractivity contribution in [3.05, 3.63) is 24.3 Å². The molecular weight excluding hydrogens is 302 g/mol. The Balaban J connectivity index is 1.46. The number of benzene rings is 1. The Morgan fingerprint density at radius 3 is 2.55 bits per heavy atom. The van der Waals surface area contributed by atoms with Gasteiger partial charge in [-0.15, -0.1) is 0 Å². The van der Waals surface area contributed by atoms with Crippen LogP contribution in [0.5, 0.6) is 5.75 Å². The average Bonchev–Trinajstić information content (AvgIpc) is 3.01. The first-order valence-electron chi connectivity index (χ1n) is 7.67. The third-order valence-corrected chi connectivity index (χ3v) is 5.75. The van der Waals surface area contributed by atoms with E-state index in [0.717, 1.165) is 32.0 Å². The zero-order valence-corrected chi connectivity index (χ0v) is 13.3. The van der Waals surface area contributed by atoms with Crippen molar-refractivity contribution in [2.24, 2.45) is 22.7 Å². The number of fused-ring (bicyclic) bond motifs is 1. The largest absolute Gasteiger partial charge is 0.492 e. The molecule has 0 aromatic heterocycles. The highest BCUT2D eigenvalue weighted by Gasteiger charge is 2.40. The number of likely N-dealkylation sites (tertiary alicyclic amines) is 1. The van der Waals surface area contributed by atoms with Crippen LogP contribution >= 0.6 is 0 Å². The molecule has 1 aliphatic carbocycles. The van der Waals surface area contributed by atoms with Gasteiger partial charge in [-0.25, -0.2) is 13.6 Å². The highest BCUT2D eigenvalue weighted by Crippen LogP contribution is 2.36. The Bertz CT molecular complexity index is 617. The zero-order chi connectivity index (χ0) is 15.7. The molecule has 0 amide bonds. The SMILES string of the molecule is NC1CCC2CN(CCOc3ccc(S(N)(=O)=O)cc3)CC12. The minimum atomic E-state index is -3.64. The van der Waals surface area contributed by atoms with Crippen LogP contribution in [0.1, 0.15) is 12.8 Å². The van der Waals surface area contributed by atoms with Crippen molar-refractivity contribution in [1.82, 2.24) is 4.90 Å². The van der Waals surface area contributed by atoms with Crippen molar-refractivity contribution in [1.29, 1.82) is 0 Å². The molecule has 3 unspecified atom stereocenters. The van der Waals surface area contributed by atoms with Gasteiger partial charge < -0.3 is 10.5 Å². The lowest BCUT2D eigenvalue weighted by molar-refractivity contribution is 0.225. The maximum atomic E-state index is 11.2. The first-order valence-corrected chi connectivity index (χ1v) is 9.22. The molecule has 7 heteroatoms. The summed E-state index contributed by atoms with van der Waals surface area (Å²) in [7, 11) is -3.64. The molecule has 22 heavy (non-hydrogen) atoms. The van der Waals surface area contributed by atoms with E-state index in [1.165, 1.54) is 18.6 Å². The van der Waals surface area contributed by atoms with E-state index < -0.39 is 10.0 Å². The van der Waals surface area contributed by atoms with Gasteiger partial charge in [-0.1, -0.05) is 0 Å². The quantitative estimate of drug-likeness (QED) is 0.815. The summed E-state index contributed by atoms with van der Waals surface area (Å²) in [6, 6.07) is 6.55. The Hall–Kier alpha value is -1.15. The van der Waals surface area contributed by atoms with E-state index in [4.69, 9.17) is 15.6 Å². The van der Waals surface area contributed by atoms with Crippen molar-refractivity contribution in [3.63, 3.8) is 0 Å². The minimum Gasteiger partial charge on any atom is -0.492 e. The average molecular weight is 325 g/mol. The second-order valence-corrected chi connectivity index (χ2v) is 7.85.